The molecule has 24 heavy (non-hydrogen) atoms. The first-order chi connectivity index (χ1) is 11.6. The number of thiophene rings is 1. The van der Waals surface area contributed by atoms with E-state index in [9.17, 15) is 4.79 Å². The molecule has 0 bridgehead atoms. The van der Waals surface area contributed by atoms with Crippen molar-refractivity contribution in [3.63, 3.8) is 0 Å². The number of aromatic nitrogens is 2. The van der Waals surface area contributed by atoms with E-state index in [1.54, 1.807) is 23.0 Å². The van der Waals surface area contributed by atoms with Gasteiger partial charge in [0.25, 0.3) is 5.56 Å². The lowest BCUT2D eigenvalue weighted by atomic mass is 10.2. The molecule has 3 rings (SSSR count). The Morgan fingerprint density at radius 1 is 1.29 bits per heavy atom. The maximum Gasteiger partial charge on any atom is 0.261 e. The number of hydrogen-bond acceptors (Lipinski definition) is 4. The average molecular weight is 404 g/mol. The summed E-state index contributed by atoms with van der Waals surface area (Å²) in [5.74, 6) is 0.760. The summed E-state index contributed by atoms with van der Waals surface area (Å²) < 4.78 is 2.76. The van der Waals surface area contributed by atoms with E-state index in [0.29, 0.717) is 11.9 Å². The number of hydrogen-bond donors (Lipinski definition) is 0. The van der Waals surface area contributed by atoms with Gasteiger partial charge in [-0.25, -0.2) is 4.98 Å². The van der Waals surface area contributed by atoms with Gasteiger partial charge in [-0.2, -0.15) is 0 Å². The second kappa shape index (κ2) is 7.42. The summed E-state index contributed by atoms with van der Waals surface area (Å²) in [6, 6.07) is 11.6. The van der Waals surface area contributed by atoms with Crippen molar-refractivity contribution in [2.75, 3.05) is 6.54 Å². The molecule has 2 aromatic heterocycles. The largest absolute Gasteiger partial charge is 0.298 e. The monoisotopic (exact) mass is 403 g/mol. The van der Waals surface area contributed by atoms with E-state index >= 15 is 0 Å². The Balaban J connectivity index is 1.91. The van der Waals surface area contributed by atoms with Crippen LogP contribution >= 0.6 is 27.3 Å². The van der Waals surface area contributed by atoms with Crippen molar-refractivity contribution in [2.24, 2.45) is 7.05 Å². The van der Waals surface area contributed by atoms with Gasteiger partial charge in [-0.15, -0.1) is 17.9 Å². The third-order valence-corrected chi connectivity index (χ3v) is 5.44. The molecular weight excluding hydrogens is 386 g/mol. The molecule has 0 amide bonds. The van der Waals surface area contributed by atoms with Crippen molar-refractivity contribution in [1.29, 1.82) is 0 Å². The Kier molecular flexibility index (Phi) is 5.28. The lowest BCUT2D eigenvalue weighted by Gasteiger charge is -2.21. The molecule has 0 unspecified atom stereocenters. The third kappa shape index (κ3) is 3.66. The molecule has 3 aromatic rings. The van der Waals surface area contributed by atoms with Gasteiger partial charge in [0.15, 0.2) is 0 Å². The van der Waals surface area contributed by atoms with Gasteiger partial charge in [-0.1, -0.05) is 18.2 Å². The highest BCUT2D eigenvalue weighted by atomic mass is 79.9. The maximum absolute atomic E-state index is 12.5. The Morgan fingerprint density at radius 3 is 2.79 bits per heavy atom. The Bertz CT molecular complexity index is 931. The van der Waals surface area contributed by atoms with Crippen LogP contribution < -0.4 is 5.56 Å². The molecule has 0 aliphatic rings. The smallest absolute Gasteiger partial charge is 0.261 e. The first-order valence-corrected chi connectivity index (χ1v) is 9.21. The number of para-hydroxylation sites is 1. The van der Waals surface area contributed by atoms with Crippen LogP contribution in [0.3, 0.4) is 0 Å². The van der Waals surface area contributed by atoms with Gasteiger partial charge in [0.2, 0.25) is 0 Å². The first-order valence-electron chi connectivity index (χ1n) is 7.60. The topological polar surface area (TPSA) is 38.1 Å². The molecule has 0 spiro atoms. The summed E-state index contributed by atoms with van der Waals surface area (Å²) in [7, 11) is 1.78. The molecule has 2 heterocycles. The van der Waals surface area contributed by atoms with Crippen molar-refractivity contribution in [2.45, 2.75) is 13.1 Å². The number of benzene rings is 1. The fourth-order valence-electron chi connectivity index (χ4n) is 2.63. The zero-order chi connectivity index (χ0) is 17.1. The third-order valence-electron chi connectivity index (χ3n) is 3.84. The lowest BCUT2D eigenvalue weighted by Crippen LogP contribution is -2.29. The fourth-order valence-corrected chi connectivity index (χ4v) is 4.16. The van der Waals surface area contributed by atoms with E-state index in [0.717, 1.165) is 28.2 Å². The highest BCUT2D eigenvalue weighted by Gasteiger charge is 2.13. The number of rotatable bonds is 6. The summed E-state index contributed by atoms with van der Waals surface area (Å²) in [6.07, 6.45) is 1.88. The van der Waals surface area contributed by atoms with E-state index in [1.807, 2.05) is 30.3 Å². The van der Waals surface area contributed by atoms with Gasteiger partial charge in [-0.3, -0.25) is 14.3 Å². The predicted octanol–water partition coefficient (Wildman–Crippen LogP) is 3.95. The van der Waals surface area contributed by atoms with Crippen LogP contribution in [0.15, 0.2) is 57.6 Å². The molecule has 0 N–H and O–H groups in total. The van der Waals surface area contributed by atoms with Gasteiger partial charge in [-0.05, 0) is 40.2 Å². The first kappa shape index (κ1) is 17.1. The van der Waals surface area contributed by atoms with Gasteiger partial charge >= 0.3 is 0 Å². The van der Waals surface area contributed by atoms with Crippen LogP contribution in [0, 0.1) is 0 Å². The quantitative estimate of drug-likeness (QED) is 0.584. The standard InChI is InChI=1S/C18H18BrN3OS/c1-3-10-22(11-13-8-9-16(19)24-13)12-17-20-15-7-5-4-6-14(15)18(23)21(17)2/h3-9H,1,10-12H2,2H3. The summed E-state index contributed by atoms with van der Waals surface area (Å²) in [4.78, 5) is 20.7. The normalized spacial score (nSPS) is 11.3. The molecule has 0 aliphatic heterocycles. The minimum Gasteiger partial charge on any atom is -0.298 e. The van der Waals surface area contributed by atoms with Crippen LogP contribution in [0.5, 0.6) is 0 Å². The highest BCUT2D eigenvalue weighted by Crippen LogP contribution is 2.23. The van der Waals surface area contributed by atoms with Crippen molar-refractivity contribution < 1.29 is 0 Å². The van der Waals surface area contributed by atoms with Crippen LogP contribution in [0.25, 0.3) is 10.9 Å². The number of nitrogens with zero attached hydrogens (tertiary/aromatic N) is 3. The zero-order valence-corrected chi connectivity index (χ0v) is 15.8. The maximum atomic E-state index is 12.5. The molecule has 124 valence electrons. The van der Waals surface area contributed by atoms with Gasteiger partial charge < -0.3 is 0 Å². The second-order valence-electron chi connectivity index (χ2n) is 5.57. The van der Waals surface area contributed by atoms with E-state index in [2.05, 4.69) is 44.5 Å². The minimum atomic E-state index is -0.00646. The second-order valence-corrected chi connectivity index (χ2v) is 8.12. The van der Waals surface area contributed by atoms with Crippen molar-refractivity contribution in [3.8, 4) is 0 Å². The predicted molar refractivity (Wildman–Crippen MR) is 103 cm³/mol. The molecule has 6 heteroatoms. The fraction of sp³-hybridized carbons (Fsp3) is 0.222. The molecule has 0 fully saturated rings. The molecule has 0 atom stereocenters. The summed E-state index contributed by atoms with van der Waals surface area (Å²) >= 11 is 5.21. The molecule has 0 saturated heterocycles. The molecule has 4 nitrogen and oxygen atoms in total. The number of fused-ring (bicyclic) bond motifs is 1. The number of halogens is 1. The van der Waals surface area contributed by atoms with Crippen LogP contribution in [0.2, 0.25) is 0 Å². The summed E-state index contributed by atoms with van der Waals surface area (Å²) in [5.41, 5.74) is 0.737. The van der Waals surface area contributed by atoms with Gasteiger partial charge in [0.05, 0.1) is 21.2 Å². The minimum absolute atomic E-state index is 0.00646. The summed E-state index contributed by atoms with van der Waals surface area (Å²) in [5, 5.41) is 0.654. The van der Waals surface area contributed by atoms with Gasteiger partial charge in [0, 0.05) is 25.0 Å². The molecular formula is C18H18BrN3OS. The summed E-state index contributed by atoms with van der Waals surface area (Å²) in [6.45, 7) is 5.97. The van der Waals surface area contributed by atoms with Crippen LogP contribution in [0.1, 0.15) is 10.7 Å². The van der Waals surface area contributed by atoms with E-state index < -0.39 is 0 Å². The molecule has 0 saturated carbocycles. The molecule has 0 radical (unpaired) electrons. The van der Waals surface area contributed by atoms with Crippen LogP contribution in [-0.2, 0) is 20.1 Å². The Hall–Kier alpha value is -1.76. The van der Waals surface area contributed by atoms with E-state index in [1.165, 1.54) is 4.88 Å². The average Bonchev–Trinajstić information content (AvgIpc) is 2.97. The van der Waals surface area contributed by atoms with Crippen molar-refractivity contribution >= 4 is 38.2 Å². The van der Waals surface area contributed by atoms with Crippen molar-refractivity contribution in [1.82, 2.24) is 14.5 Å². The highest BCUT2D eigenvalue weighted by molar-refractivity contribution is 9.11. The SMILES string of the molecule is C=CCN(Cc1ccc(Br)s1)Cc1nc2ccccc2c(=O)n1C. The Morgan fingerprint density at radius 2 is 2.08 bits per heavy atom. The van der Waals surface area contributed by atoms with Crippen molar-refractivity contribution in [3.05, 3.63) is 73.9 Å². The zero-order valence-electron chi connectivity index (χ0n) is 13.4. The Labute approximate surface area is 153 Å². The molecule has 1 aromatic carbocycles. The van der Waals surface area contributed by atoms with Gasteiger partial charge in [0.1, 0.15) is 5.82 Å². The molecule has 0 aliphatic carbocycles. The van der Waals surface area contributed by atoms with E-state index in [4.69, 9.17) is 0 Å². The van der Waals surface area contributed by atoms with Crippen LogP contribution in [-0.4, -0.2) is 21.0 Å². The lowest BCUT2D eigenvalue weighted by molar-refractivity contribution is 0.277. The van der Waals surface area contributed by atoms with E-state index in [-0.39, 0.29) is 5.56 Å². The van der Waals surface area contributed by atoms with Crippen LogP contribution in [0.4, 0.5) is 0 Å².